The summed E-state index contributed by atoms with van der Waals surface area (Å²) in [5.41, 5.74) is 2.73. The van der Waals surface area contributed by atoms with E-state index >= 15 is 0 Å². The van der Waals surface area contributed by atoms with Crippen LogP contribution in [0.2, 0.25) is 0 Å². The lowest BCUT2D eigenvalue weighted by atomic mass is 10.3. The summed E-state index contributed by atoms with van der Waals surface area (Å²) < 4.78 is 0. The fourth-order valence-corrected chi connectivity index (χ4v) is 1.73. The van der Waals surface area contributed by atoms with Crippen LogP contribution < -0.4 is 10.6 Å². The maximum Gasteiger partial charge on any atom is 0.238 e. The van der Waals surface area contributed by atoms with E-state index < -0.39 is 0 Å². The van der Waals surface area contributed by atoms with Crippen LogP contribution in [-0.2, 0) is 11.3 Å². The third-order valence-corrected chi connectivity index (χ3v) is 2.60. The summed E-state index contributed by atoms with van der Waals surface area (Å²) in [6.45, 7) is 2.81. The lowest BCUT2D eigenvalue weighted by Crippen LogP contribution is -2.28. The molecule has 0 fully saturated rings. The van der Waals surface area contributed by atoms with Crippen LogP contribution in [0, 0.1) is 6.92 Å². The Morgan fingerprint density at radius 3 is 2.63 bits per heavy atom. The molecule has 2 N–H and O–H groups in total. The highest BCUT2D eigenvalue weighted by Crippen LogP contribution is 2.04. The summed E-state index contributed by atoms with van der Waals surface area (Å²) in [5, 5.41) is 5.89. The number of carbonyl (C=O) groups is 1. The number of aryl methyl sites for hydroxylation is 1. The molecule has 4 nitrogen and oxygen atoms in total. The van der Waals surface area contributed by atoms with Crippen molar-refractivity contribution in [2.45, 2.75) is 13.5 Å². The van der Waals surface area contributed by atoms with E-state index in [1.54, 1.807) is 0 Å². The fraction of sp³-hybridized carbons (Fsp3) is 0.200. The van der Waals surface area contributed by atoms with Crippen molar-refractivity contribution in [3.63, 3.8) is 0 Å². The topological polar surface area (TPSA) is 54.0 Å². The van der Waals surface area contributed by atoms with E-state index in [4.69, 9.17) is 0 Å². The molecule has 0 saturated carbocycles. The number of carbonyl (C=O) groups excluding carboxylic acids is 1. The molecule has 0 spiro atoms. The molecule has 2 rings (SSSR count). The minimum atomic E-state index is -0.0566. The Labute approximate surface area is 112 Å². The molecule has 0 aliphatic rings. The van der Waals surface area contributed by atoms with E-state index in [1.165, 1.54) is 0 Å². The number of nitrogens with zero attached hydrogens (tertiary/aromatic N) is 1. The van der Waals surface area contributed by atoms with Gasteiger partial charge in [-0.15, -0.1) is 0 Å². The quantitative estimate of drug-likeness (QED) is 0.860. The Bertz CT molecular complexity index is 540. The SMILES string of the molecule is Cc1cccc(CNCC(=O)Nc2ccccc2)n1. The number of benzene rings is 1. The van der Waals surface area contributed by atoms with Gasteiger partial charge in [-0.2, -0.15) is 0 Å². The molecule has 0 aliphatic carbocycles. The lowest BCUT2D eigenvalue weighted by Gasteiger charge is -2.06. The maximum absolute atomic E-state index is 11.7. The number of para-hydroxylation sites is 1. The van der Waals surface area contributed by atoms with Crippen LogP contribution in [0.15, 0.2) is 48.5 Å². The van der Waals surface area contributed by atoms with E-state index in [0.717, 1.165) is 17.1 Å². The van der Waals surface area contributed by atoms with Gasteiger partial charge in [-0.05, 0) is 31.2 Å². The van der Waals surface area contributed by atoms with Crippen molar-refractivity contribution in [1.82, 2.24) is 10.3 Å². The van der Waals surface area contributed by atoms with Gasteiger partial charge in [-0.25, -0.2) is 0 Å². The largest absolute Gasteiger partial charge is 0.325 e. The summed E-state index contributed by atoms with van der Waals surface area (Å²) >= 11 is 0. The first-order chi connectivity index (χ1) is 9.24. The first kappa shape index (κ1) is 13.2. The predicted molar refractivity (Wildman–Crippen MR) is 75.8 cm³/mol. The minimum absolute atomic E-state index is 0.0566. The van der Waals surface area contributed by atoms with Crippen molar-refractivity contribution in [1.29, 1.82) is 0 Å². The number of pyridine rings is 1. The molecular weight excluding hydrogens is 238 g/mol. The molecule has 0 atom stereocenters. The summed E-state index contributed by atoms with van der Waals surface area (Å²) in [4.78, 5) is 16.0. The molecule has 0 unspecified atom stereocenters. The average Bonchev–Trinajstić information content (AvgIpc) is 2.40. The van der Waals surface area contributed by atoms with Crippen LogP contribution in [0.3, 0.4) is 0 Å². The van der Waals surface area contributed by atoms with Gasteiger partial charge in [0.15, 0.2) is 0 Å². The van der Waals surface area contributed by atoms with E-state index in [9.17, 15) is 4.79 Å². The van der Waals surface area contributed by atoms with E-state index in [-0.39, 0.29) is 12.5 Å². The molecule has 4 heteroatoms. The predicted octanol–water partition coefficient (Wildman–Crippen LogP) is 2.12. The standard InChI is InChI=1S/C15H17N3O/c1-12-6-5-9-14(17-12)10-16-11-15(19)18-13-7-3-2-4-8-13/h2-9,16H,10-11H2,1H3,(H,18,19). The second kappa shape index (κ2) is 6.66. The maximum atomic E-state index is 11.7. The molecular formula is C15H17N3O. The van der Waals surface area contributed by atoms with Crippen molar-refractivity contribution in [2.75, 3.05) is 11.9 Å². The van der Waals surface area contributed by atoms with E-state index in [1.807, 2.05) is 55.5 Å². The third kappa shape index (κ3) is 4.52. The molecule has 2 aromatic rings. The molecule has 98 valence electrons. The molecule has 19 heavy (non-hydrogen) atoms. The molecule has 0 saturated heterocycles. The molecule has 0 radical (unpaired) electrons. The number of hydrogen-bond acceptors (Lipinski definition) is 3. The molecule has 1 heterocycles. The normalized spacial score (nSPS) is 10.2. The average molecular weight is 255 g/mol. The summed E-state index contributed by atoms with van der Waals surface area (Å²) in [5.74, 6) is -0.0566. The first-order valence-corrected chi connectivity index (χ1v) is 6.22. The molecule has 1 aromatic heterocycles. The second-order valence-corrected chi connectivity index (χ2v) is 4.29. The Morgan fingerprint density at radius 2 is 1.89 bits per heavy atom. The number of nitrogens with one attached hydrogen (secondary N) is 2. The van der Waals surface area contributed by atoms with Gasteiger partial charge in [-0.1, -0.05) is 24.3 Å². The van der Waals surface area contributed by atoms with Crippen molar-refractivity contribution in [3.8, 4) is 0 Å². The van der Waals surface area contributed by atoms with Crippen LogP contribution in [0.25, 0.3) is 0 Å². The highest BCUT2D eigenvalue weighted by Gasteiger charge is 2.01. The van der Waals surface area contributed by atoms with Crippen molar-refractivity contribution in [2.24, 2.45) is 0 Å². The summed E-state index contributed by atoms with van der Waals surface area (Å²) in [6.07, 6.45) is 0. The highest BCUT2D eigenvalue weighted by molar-refractivity contribution is 5.92. The van der Waals surface area contributed by atoms with Gasteiger partial charge < -0.3 is 10.6 Å². The van der Waals surface area contributed by atoms with Gasteiger partial charge in [0.1, 0.15) is 0 Å². The fourth-order valence-electron chi connectivity index (χ4n) is 1.73. The zero-order valence-corrected chi connectivity index (χ0v) is 10.9. The Balaban J connectivity index is 1.75. The van der Waals surface area contributed by atoms with Crippen LogP contribution in [0.5, 0.6) is 0 Å². The lowest BCUT2D eigenvalue weighted by molar-refractivity contribution is -0.115. The van der Waals surface area contributed by atoms with Gasteiger partial charge in [0.25, 0.3) is 0 Å². The zero-order chi connectivity index (χ0) is 13.5. The van der Waals surface area contributed by atoms with Crippen LogP contribution in [-0.4, -0.2) is 17.4 Å². The first-order valence-electron chi connectivity index (χ1n) is 6.22. The van der Waals surface area contributed by atoms with Crippen molar-refractivity contribution < 1.29 is 4.79 Å². The molecule has 0 aliphatic heterocycles. The Morgan fingerprint density at radius 1 is 1.11 bits per heavy atom. The van der Waals surface area contributed by atoms with E-state index in [0.29, 0.717) is 6.54 Å². The molecule has 1 amide bonds. The van der Waals surface area contributed by atoms with Crippen LogP contribution in [0.4, 0.5) is 5.69 Å². The third-order valence-electron chi connectivity index (χ3n) is 2.60. The molecule has 1 aromatic carbocycles. The van der Waals surface area contributed by atoms with Gasteiger partial charge in [0.2, 0.25) is 5.91 Å². The smallest absolute Gasteiger partial charge is 0.238 e. The van der Waals surface area contributed by atoms with Gasteiger partial charge in [0, 0.05) is 17.9 Å². The summed E-state index contributed by atoms with van der Waals surface area (Å²) in [6, 6.07) is 15.3. The van der Waals surface area contributed by atoms with Gasteiger partial charge in [0.05, 0.1) is 12.2 Å². The molecule has 0 bridgehead atoms. The number of rotatable bonds is 5. The highest BCUT2D eigenvalue weighted by atomic mass is 16.1. The second-order valence-electron chi connectivity index (χ2n) is 4.29. The number of amides is 1. The van der Waals surface area contributed by atoms with Crippen LogP contribution >= 0.6 is 0 Å². The van der Waals surface area contributed by atoms with Crippen molar-refractivity contribution in [3.05, 3.63) is 59.9 Å². The van der Waals surface area contributed by atoms with Crippen LogP contribution in [0.1, 0.15) is 11.4 Å². The number of aromatic nitrogens is 1. The Hall–Kier alpha value is -2.20. The Kier molecular flexibility index (Phi) is 4.64. The number of anilines is 1. The number of hydrogen-bond donors (Lipinski definition) is 2. The minimum Gasteiger partial charge on any atom is -0.325 e. The monoisotopic (exact) mass is 255 g/mol. The van der Waals surface area contributed by atoms with Gasteiger partial charge in [-0.3, -0.25) is 9.78 Å². The van der Waals surface area contributed by atoms with Gasteiger partial charge >= 0.3 is 0 Å². The summed E-state index contributed by atoms with van der Waals surface area (Å²) in [7, 11) is 0. The van der Waals surface area contributed by atoms with Crippen molar-refractivity contribution >= 4 is 11.6 Å². The van der Waals surface area contributed by atoms with E-state index in [2.05, 4.69) is 15.6 Å². The zero-order valence-electron chi connectivity index (χ0n) is 10.9.